The van der Waals surface area contributed by atoms with Crippen molar-refractivity contribution in [3.05, 3.63) is 63.0 Å². The van der Waals surface area contributed by atoms with Crippen molar-refractivity contribution in [2.24, 2.45) is 0 Å². The summed E-state index contributed by atoms with van der Waals surface area (Å²) in [5.74, 6) is 1.29. The molecule has 0 N–H and O–H groups in total. The number of rotatable bonds is 8. The van der Waals surface area contributed by atoms with Crippen LogP contribution in [0.3, 0.4) is 0 Å². The third kappa shape index (κ3) is 5.34. The molecule has 1 aromatic carbocycles. The molecular formula is C27H39N5S. The zero-order valence-electron chi connectivity index (χ0n) is 21.1. The molecule has 1 fully saturated rings. The smallest absolute Gasteiger partial charge is 0.137 e. The van der Waals surface area contributed by atoms with Crippen LogP contribution < -0.4 is 4.90 Å². The summed E-state index contributed by atoms with van der Waals surface area (Å²) in [6.07, 6.45) is 0.943. The number of aryl methyl sites for hydroxylation is 3. The summed E-state index contributed by atoms with van der Waals surface area (Å²) >= 11 is 1.87. The van der Waals surface area contributed by atoms with E-state index in [1.165, 1.54) is 33.1 Å². The lowest BCUT2D eigenvalue weighted by molar-refractivity contribution is 0.204. The van der Waals surface area contributed by atoms with Crippen molar-refractivity contribution in [2.75, 3.05) is 38.1 Å². The number of nitrogens with zero attached hydrogens (tertiary/aromatic N) is 5. The van der Waals surface area contributed by atoms with Gasteiger partial charge in [0.1, 0.15) is 5.82 Å². The fourth-order valence-electron chi connectivity index (χ4n) is 4.59. The third-order valence-corrected chi connectivity index (χ3v) is 7.84. The minimum atomic E-state index is 0.457. The summed E-state index contributed by atoms with van der Waals surface area (Å²) in [4.78, 5) is 9.06. The molecule has 3 heterocycles. The summed E-state index contributed by atoms with van der Waals surface area (Å²) < 4.78 is 2.22. The highest BCUT2D eigenvalue weighted by Gasteiger charge is 2.27. The molecule has 1 aliphatic heterocycles. The Bertz CT molecular complexity index is 1060. The third-order valence-electron chi connectivity index (χ3n) is 6.83. The predicted octanol–water partition coefficient (Wildman–Crippen LogP) is 5.28. The minimum Gasteiger partial charge on any atom is -0.354 e. The van der Waals surface area contributed by atoms with Gasteiger partial charge in [0.05, 0.1) is 11.4 Å². The molecule has 178 valence electrons. The van der Waals surface area contributed by atoms with E-state index in [4.69, 9.17) is 5.10 Å². The lowest BCUT2D eigenvalue weighted by Crippen LogP contribution is -2.45. The molecule has 0 bridgehead atoms. The first-order valence-corrected chi connectivity index (χ1v) is 13.1. The Kier molecular flexibility index (Phi) is 7.57. The fraction of sp³-hybridized carbons (Fsp3) is 0.519. The van der Waals surface area contributed by atoms with Gasteiger partial charge in [0.2, 0.25) is 0 Å². The molecule has 0 radical (unpaired) electrons. The van der Waals surface area contributed by atoms with Gasteiger partial charge in [-0.2, -0.15) is 5.10 Å². The maximum Gasteiger partial charge on any atom is 0.137 e. The Morgan fingerprint density at radius 3 is 2.42 bits per heavy atom. The number of aromatic nitrogens is 2. The van der Waals surface area contributed by atoms with Crippen LogP contribution in [0.4, 0.5) is 5.82 Å². The van der Waals surface area contributed by atoms with Crippen molar-refractivity contribution in [3.8, 4) is 5.69 Å². The Labute approximate surface area is 203 Å². The summed E-state index contributed by atoms with van der Waals surface area (Å²) in [7, 11) is 2.22. The average Bonchev–Trinajstić information content (AvgIpc) is 3.37. The Morgan fingerprint density at radius 1 is 1.06 bits per heavy atom. The monoisotopic (exact) mass is 465 g/mol. The van der Waals surface area contributed by atoms with Crippen molar-refractivity contribution in [1.29, 1.82) is 0 Å². The molecule has 0 aliphatic carbocycles. The van der Waals surface area contributed by atoms with Gasteiger partial charge in [-0.25, -0.2) is 4.68 Å². The van der Waals surface area contributed by atoms with Crippen LogP contribution in [0, 0.1) is 13.8 Å². The summed E-state index contributed by atoms with van der Waals surface area (Å²) in [5.41, 5.74) is 6.44. The van der Waals surface area contributed by atoms with E-state index in [0.717, 1.165) is 51.4 Å². The summed E-state index contributed by atoms with van der Waals surface area (Å²) in [6.45, 7) is 17.4. The molecule has 1 saturated heterocycles. The zero-order valence-corrected chi connectivity index (χ0v) is 22.0. The van der Waals surface area contributed by atoms with E-state index in [9.17, 15) is 0 Å². The van der Waals surface area contributed by atoms with Crippen LogP contribution in [0.15, 0.2) is 35.7 Å². The summed E-state index contributed by atoms with van der Waals surface area (Å²) in [6, 6.07) is 11.4. The number of hydrogen-bond donors (Lipinski definition) is 0. The number of hydrogen-bond acceptors (Lipinski definition) is 5. The van der Waals surface area contributed by atoms with E-state index in [2.05, 4.69) is 96.8 Å². The quantitative estimate of drug-likeness (QED) is 0.453. The Hall–Kier alpha value is -2.15. The van der Waals surface area contributed by atoms with E-state index in [1.54, 1.807) is 0 Å². The molecule has 4 rings (SSSR count). The van der Waals surface area contributed by atoms with E-state index >= 15 is 0 Å². The molecule has 0 atom stereocenters. The standard InChI is InChI=1S/C27H39N5S/c1-7-25-24(18-31(20(2)3)19-26-22(5)11-16-33-26)27(30-14-12-29(6)13-15-30)32(28-25)23-10-8-9-21(4)17-23/h8-11,16-17,20H,7,12-15,18-19H2,1-6H3. The molecule has 0 unspecified atom stereocenters. The number of thiophene rings is 1. The molecule has 0 saturated carbocycles. The topological polar surface area (TPSA) is 27.5 Å². The van der Waals surface area contributed by atoms with Crippen LogP contribution in [-0.2, 0) is 19.5 Å². The zero-order chi connectivity index (χ0) is 23.5. The number of piperazine rings is 1. The molecule has 2 aromatic heterocycles. The minimum absolute atomic E-state index is 0.457. The van der Waals surface area contributed by atoms with Crippen LogP contribution in [0.5, 0.6) is 0 Å². The molecule has 6 heteroatoms. The first kappa shape index (κ1) is 24.0. The SMILES string of the molecule is CCc1nn(-c2cccc(C)c2)c(N2CCN(C)CC2)c1CN(Cc1sccc1C)C(C)C. The molecule has 5 nitrogen and oxygen atoms in total. The highest BCUT2D eigenvalue weighted by molar-refractivity contribution is 7.10. The van der Waals surface area contributed by atoms with Gasteiger partial charge in [0.25, 0.3) is 0 Å². The van der Waals surface area contributed by atoms with Gasteiger partial charge in [-0.15, -0.1) is 11.3 Å². The van der Waals surface area contributed by atoms with Gasteiger partial charge in [0, 0.05) is 55.8 Å². The van der Waals surface area contributed by atoms with Crippen molar-refractivity contribution in [2.45, 2.75) is 60.2 Å². The van der Waals surface area contributed by atoms with Gasteiger partial charge >= 0.3 is 0 Å². The van der Waals surface area contributed by atoms with Crippen molar-refractivity contribution in [3.63, 3.8) is 0 Å². The molecular weight excluding hydrogens is 426 g/mol. The molecule has 1 aliphatic rings. The van der Waals surface area contributed by atoms with E-state index in [1.807, 2.05) is 11.3 Å². The maximum atomic E-state index is 5.20. The van der Waals surface area contributed by atoms with E-state index < -0.39 is 0 Å². The fourth-order valence-corrected chi connectivity index (χ4v) is 5.52. The Balaban J connectivity index is 1.77. The van der Waals surface area contributed by atoms with Crippen molar-refractivity contribution >= 4 is 17.2 Å². The normalized spacial score (nSPS) is 15.2. The van der Waals surface area contributed by atoms with Crippen molar-refractivity contribution < 1.29 is 0 Å². The van der Waals surface area contributed by atoms with Crippen LogP contribution in [0.2, 0.25) is 0 Å². The highest BCUT2D eigenvalue weighted by atomic mass is 32.1. The van der Waals surface area contributed by atoms with Crippen molar-refractivity contribution in [1.82, 2.24) is 19.6 Å². The first-order chi connectivity index (χ1) is 15.9. The second kappa shape index (κ2) is 10.4. The van der Waals surface area contributed by atoms with Crippen LogP contribution in [0.25, 0.3) is 5.69 Å². The lowest BCUT2D eigenvalue weighted by atomic mass is 10.1. The van der Waals surface area contributed by atoms with Crippen LogP contribution in [0.1, 0.15) is 48.0 Å². The van der Waals surface area contributed by atoms with Gasteiger partial charge in [-0.05, 0) is 75.9 Å². The predicted molar refractivity (Wildman–Crippen MR) is 141 cm³/mol. The largest absolute Gasteiger partial charge is 0.354 e. The van der Waals surface area contributed by atoms with Gasteiger partial charge < -0.3 is 9.80 Å². The van der Waals surface area contributed by atoms with Gasteiger partial charge in [0.15, 0.2) is 0 Å². The highest BCUT2D eigenvalue weighted by Crippen LogP contribution is 2.32. The first-order valence-electron chi connectivity index (χ1n) is 12.3. The van der Waals surface area contributed by atoms with E-state index in [-0.39, 0.29) is 0 Å². The number of benzene rings is 1. The second-order valence-corrected chi connectivity index (χ2v) is 10.7. The second-order valence-electron chi connectivity index (χ2n) is 9.67. The molecule has 0 spiro atoms. The Morgan fingerprint density at radius 2 is 1.82 bits per heavy atom. The number of anilines is 1. The summed E-state index contributed by atoms with van der Waals surface area (Å²) in [5, 5.41) is 7.41. The molecule has 0 amide bonds. The van der Waals surface area contributed by atoms with E-state index in [0.29, 0.717) is 6.04 Å². The van der Waals surface area contributed by atoms with Gasteiger partial charge in [-0.3, -0.25) is 4.90 Å². The van der Waals surface area contributed by atoms with Gasteiger partial charge in [-0.1, -0.05) is 19.1 Å². The lowest BCUT2D eigenvalue weighted by Gasteiger charge is -2.35. The molecule has 3 aromatic rings. The molecule has 33 heavy (non-hydrogen) atoms. The maximum absolute atomic E-state index is 5.20. The number of likely N-dealkylation sites (N-methyl/N-ethyl adjacent to an activating group) is 1. The van der Waals surface area contributed by atoms with Crippen LogP contribution in [-0.4, -0.2) is 58.8 Å². The average molecular weight is 466 g/mol. The van der Waals surface area contributed by atoms with Crippen LogP contribution >= 0.6 is 11.3 Å².